The van der Waals surface area contributed by atoms with Crippen LogP contribution in [0, 0.1) is 11.7 Å². The maximum absolute atomic E-state index is 14.1. The number of nitrogens with one attached hydrogen (secondary N) is 3. The second-order valence-corrected chi connectivity index (χ2v) is 6.84. The molecule has 9 nitrogen and oxygen atoms in total. The van der Waals surface area contributed by atoms with E-state index < -0.39 is 29.2 Å². The van der Waals surface area contributed by atoms with E-state index in [2.05, 4.69) is 35.9 Å². The number of fused-ring (bicyclic) bond motifs is 1. The van der Waals surface area contributed by atoms with Crippen LogP contribution in [0.2, 0.25) is 0 Å². The number of aryl methyl sites for hydroxylation is 1. The van der Waals surface area contributed by atoms with Crippen molar-refractivity contribution in [2.45, 2.75) is 20.0 Å². The number of aromatic amines is 1. The van der Waals surface area contributed by atoms with Gasteiger partial charge < -0.3 is 5.32 Å². The normalized spacial score (nSPS) is 12.6. The second-order valence-electron chi connectivity index (χ2n) is 6.84. The van der Waals surface area contributed by atoms with Gasteiger partial charge in [0.15, 0.2) is 17.3 Å². The quantitative estimate of drug-likeness (QED) is 0.337. The number of anilines is 1. The lowest BCUT2D eigenvalue weighted by molar-refractivity contribution is -0.141. The van der Waals surface area contributed by atoms with Crippen LogP contribution in [0.3, 0.4) is 0 Å². The number of aliphatic imine (C=N–C) groups is 1. The third-order valence-electron chi connectivity index (χ3n) is 3.85. The molecule has 0 unspecified atom stereocenters. The Morgan fingerprint density at radius 3 is 2.73 bits per heavy atom. The predicted octanol–water partition coefficient (Wildman–Crippen LogP) is 2.70. The average molecular weight is 426 g/mol. The van der Waals surface area contributed by atoms with Crippen LogP contribution in [0.15, 0.2) is 23.6 Å². The zero-order valence-corrected chi connectivity index (χ0v) is 16.2. The molecule has 0 aliphatic carbocycles. The predicted molar refractivity (Wildman–Crippen MR) is 100 cm³/mol. The standard InChI is InChI=1S/C17H18F4N8O/c1-8(2)4-23-16(24-14-12-10(18)5-22-6-11(12)26-27-14)25-15(30)9-7-29(3)28-13(9)17(19,20)21/h5-8H,4H2,1-3H3,(H3,23,24,25,26,27,30). The van der Waals surface area contributed by atoms with Crippen LogP contribution in [0.5, 0.6) is 0 Å². The number of halogens is 4. The van der Waals surface area contributed by atoms with Gasteiger partial charge in [-0.05, 0) is 5.92 Å². The van der Waals surface area contributed by atoms with E-state index in [0.717, 1.165) is 17.1 Å². The van der Waals surface area contributed by atoms with E-state index in [0.29, 0.717) is 5.52 Å². The summed E-state index contributed by atoms with van der Waals surface area (Å²) < 4.78 is 54.5. The first-order chi connectivity index (χ1) is 14.1. The Morgan fingerprint density at radius 1 is 1.33 bits per heavy atom. The smallest absolute Gasteiger partial charge is 0.309 e. The van der Waals surface area contributed by atoms with E-state index in [1.807, 2.05) is 13.8 Å². The number of pyridine rings is 1. The van der Waals surface area contributed by atoms with E-state index in [9.17, 15) is 22.4 Å². The van der Waals surface area contributed by atoms with Crippen LogP contribution in [0.25, 0.3) is 10.9 Å². The van der Waals surface area contributed by atoms with Crippen LogP contribution in [-0.2, 0) is 13.2 Å². The number of H-pyrrole nitrogens is 1. The Labute approximate surface area is 167 Å². The largest absolute Gasteiger partial charge is 0.435 e. The van der Waals surface area contributed by atoms with Crippen molar-refractivity contribution in [3.8, 4) is 0 Å². The van der Waals surface area contributed by atoms with Gasteiger partial charge in [-0.2, -0.15) is 23.4 Å². The van der Waals surface area contributed by atoms with Crippen LogP contribution < -0.4 is 10.6 Å². The zero-order valence-electron chi connectivity index (χ0n) is 16.2. The van der Waals surface area contributed by atoms with Crippen molar-refractivity contribution in [2.75, 3.05) is 11.9 Å². The number of hydrogen-bond donors (Lipinski definition) is 3. The molecule has 0 aliphatic rings. The summed E-state index contributed by atoms with van der Waals surface area (Å²) in [5, 5.41) is 14.8. The van der Waals surface area contributed by atoms with E-state index in [-0.39, 0.29) is 29.6 Å². The number of aromatic nitrogens is 5. The Balaban J connectivity index is 1.92. The minimum atomic E-state index is -4.81. The molecule has 0 aliphatic heterocycles. The molecule has 3 N–H and O–H groups in total. The summed E-state index contributed by atoms with van der Waals surface area (Å²) in [4.78, 5) is 20.4. The number of carbonyl (C=O) groups is 1. The molecular weight excluding hydrogens is 408 g/mol. The topological polar surface area (TPSA) is 113 Å². The minimum absolute atomic E-state index is 0.00469. The Morgan fingerprint density at radius 2 is 2.07 bits per heavy atom. The number of amides is 1. The third-order valence-corrected chi connectivity index (χ3v) is 3.85. The fourth-order valence-electron chi connectivity index (χ4n) is 2.56. The number of hydrogen-bond acceptors (Lipinski definition) is 5. The number of nitrogens with zero attached hydrogens (tertiary/aromatic N) is 5. The van der Waals surface area contributed by atoms with Crippen LogP contribution in [0.1, 0.15) is 29.9 Å². The molecule has 3 aromatic rings. The summed E-state index contributed by atoms with van der Waals surface area (Å²) in [6.07, 6.45) is -1.53. The van der Waals surface area contributed by atoms with Crippen molar-refractivity contribution in [3.05, 3.63) is 35.7 Å². The maximum atomic E-state index is 14.1. The summed E-state index contributed by atoms with van der Waals surface area (Å²) in [5.41, 5.74) is -1.71. The molecular formula is C17H18F4N8O. The third kappa shape index (κ3) is 4.55. The summed E-state index contributed by atoms with van der Waals surface area (Å²) >= 11 is 0. The van der Waals surface area contributed by atoms with Crippen molar-refractivity contribution in [1.82, 2.24) is 30.3 Å². The number of carbonyl (C=O) groups excluding carboxylic acids is 1. The summed E-state index contributed by atoms with van der Waals surface area (Å²) in [6.45, 7) is 3.97. The summed E-state index contributed by atoms with van der Waals surface area (Å²) in [7, 11) is 1.27. The lowest BCUT2D eigenvalue weighted by Crippen LogP contribution is -2.37. The molecule has 3 rings (SSSR count). The number of guanidine groups is 1. The highest BCUT2D eigenvalue weighted by Crippen LogP contribution is 2.30. The molecule has 160 valence electrons. The van der Waals surface area contributed by atoms with E-state index in [4.69, 9.17) is 0 Å². The summed E-state index contributed by atoms with van der Waals surface area (Å²) in [6, 6.07) is 0. The Bertz CT molecular complexity index is 1100. The van der Waals surface area contributed by atoms with Gasteiger partial charge in [-0.25, -0.2) is 4.39 Å². The van der Waals surface area contributed by atoms with Gasteiger partial charge in [0.25, 0.3) is 5.91 Å². The minimum Gasteiger partial charge on any atom is -0.309 e. The van der Waals surface area contributed by atoms with Gasteiger partial charge in [-0.3, -0.25) is 29.9 Å². The zero-order chi connectivity index (χ0) is 22.1. The molecule has 3 aromatic heterocycles. The van der Waals surface area contributed by atoms with Crippen molar-refractivity contribution >= 4 is 28.6 Å². The molecule has 0 spiro atoms. The Hall–Kier alpha value is -3.51. The molecule has 0 radical (unpaired) electrons. The molecule has 1 amide bonds. The van der Waals surface area contributed by atoms with E-state index in [1.165, 1.54) is 13.2 Å². The highest BCUT2D eigenvalue weighted by Gasteiger charge is 2.39. The lowest BCUT2D eigenvalue weighted by Gasteiger charge is -2.12. The van der Waals surface area contributed by atoms with Crippen molar-refractivity contribution in [2.24, 2.45) is 18.0 Å². The second kappa shape index (κ2) is 8.08. The molecule has 13 heteroatoms. The van der Waals surface area contributed by atoms with Gasteiger partial charge in [0.05, 0.1) is 28.9 Å². The number of rotatable bonds is 4. The van der Waals surface area contributed by atoms with Gasteiger partial charge in [0.2, 0.25) is 5.96 Å². The van der Waals surface area contributed by atoms with Crippen LogP contribution >= 0.6 is 0 Å². The van der Waals surface area contributed by atoms with Crippen LogP contribution in [-0.4, -0.2) is 43.4 Å². The first-order valence-electron chi connectivity index (χ1n) is 8.77. The molecule has 0 saturated heterocycles. The average Bonchev–Trinajstić information content (AvgIpc) is 3.24. The summed E-state index contributed by atoms with van der Waals surface area (Å²) in [5.74, 6) is -1.86. The molecule has 0 aromatic carbocycles. The highest BCUT2D eigenvalue weighted by molar-refractivity contribution is 6.11. The SMILES string of the molecule is CC(C)CN=C(NC(=O)c1cn(C)nc1C(F)(F)F)Nc1n[nH]c2cncc(F)c12. The first kappa shape index (κ1) is 21.2. The van der Waals surface area contributed by atoms with Crippen LogP contribution in [0.4, 0.5) is 23.4 Å². The van der Waals surface area contributed by atoms with Gasteiger partial charge in [0, 0.05) is 19.8 Å². The van der Waals surface area contributed by atoms with Gasteiger partial charge in [-0.1, -0.05) is 13.8 Å². The van der Waals surface area contributed by atoms with Crippen molar-refractivity contribution < 1.29 is 22.4 Å². The molecule has 0 fully saturated rings. The van der Waals surface area contributed by atoms with Gasteiger partial charge >= 0.3 is 6.18 Å². The fourth-order valence-corrected chi connectivity index (χ4v) is 2.56. The van der Waals surface area contributed by atoms with Crippen molar-refractivity contribution in [1.29, 1.82) is 0 Å². The van der Waals surface area contributed by atoms with E-state index in [1.54, 1.807) is 0 Å². The fraction of sp³-hybridized carbons (Fsp3) is 0.353. The van der Waals surface area contributed by atoms with Gasteiger partial charge in [0.1, 0.15) is 0 Å². The molecule has 30 heavy (non-hydrogen) atoms. The first-order valence-corrected chi connectivity index (χ1v) is 8.77. The molecule has 3 heterocycles. The monoisotopic (exact) mass is 426 g/mol. The van der Waals surface area contributed by atoms with Crippen molar-refractivity contribution in [3.63, 3.8) is 0 Å². The number of alkyl halides is 3. The highest BCUT2D eigenvalue weighted by atomic mass is 19.4. The Kier molecular flexibility index (Phi) is 5.71. The van der Waals surface area contributed by atoms with Gasteiger partial charge in [-0.15, -0.1) is 0 Å². The molecule has 0 bridgehead atoms. The maximum Gasteiger partial charge on any atom is 0.435 e. The van der Waals surface area contributed by atoms with E-state index >= 15 is 0 Å². The molecule has 0 saturated carbocycles. The molecule has 0 atom stereocenters. The lowest BCUT2D eigenvalue weighted by atomic mass is 10.2.